The van der Waals surface area contributed by atoms with E-state index in [2.05, 4.69) is 11.9 Å². The van der Waals surface area contributed by atoms with Gasteiger partial charge in [-0.05, 0) is 51.8 Å². The largest absolute Gasteiger partial charge is 0.444 e. The second-order valence-corrected chi connectivity index (χ2v) is 9.16. The Morgan fingerprint density at radius 3 is 2.23 bits per heavy atom. The van der Waals surface area contributed by atoms with Gasteiger partial charge in [0.25, 0.3) is 0 Å². The number of ether oxygens (including phenoxy) is 1. The van der Waals surface area contributed by atoms with Crippen LogP contribution in [0.25, 0.3) is 0 Å². The lowest BCUT2D eigenvalue weighted by atomic mass is 9.82. The van der Waals surface area contributed by atoms with E-state index < -0.39 is 41.8 Å². The maximum absolute atomic E-state index is 12.9. The van der Waals surface area contributed by atoms with Gasteiger partial charge in [0.2, 0.25) is 5.91 Å². The summed E-state index contributed by atoms with van der Waals surface area (Å²) in [7, 11) is 1.25. The van der Waals surface area contributed by atoms with Crippen molar-refractivity contribution >= 4 is 35.2 Å². The molecule has 0 aliphatic carbocycles. The molecule has 1 rings (SSSR count). The molecular formula is C21H27Cl2F3N2O3. The number of alkyl carbamates (subject to hydrolysis) is 1. The van der Waals surface area contributed by atoms with Crippen LogP contribution >= 0.6 is 23.2 Å². The molecule has 0 radical (unpaired) electrons. The molecule has 0 fully saturated rings. The van der Waals surface area contributed by atoms with Crippen LogP contribution in [0.3, 0.4) is 0 Å². The van der Waals surface area contributed by atoms with E-state index >= 15 is 0 Å². The number of amides is 2. The highest BCUT2D eigenvalue weighted by molar-refractivity contribution is 6.42. The Morgan fingerprint density at radius 1 is 1.19 bits per heavy atom. The van der Waals surface area contributed by atoms with Gasteiger partial charge in [-0.15, -0.1) is 6.58 Å². The highest BCUT2D eigenvalue weighted by atomic mass is 35.5. The number of rotatable bonds is 7. The molecule has 0 saturated heterocycles. The first-order chi connectivity index (χ1) is 14.0. The normalized spacial score (nSPS) is 14.9. The molecule has 2 atom stereocenters. The van der Waals surface area contributed by atoms with Crippen LogP contribution in [0, 0.1) is 0 Å². The fraction of sp³-hybridized carbons (Fsp3) is 0.524. The molecule has 1 aromatic rings. The fourth-order valence-electron chi connectivity index (χ4n) is 3.03. The average Bonchev–Trinajstić information content (AvgIpc) is 2.58. The zero-order valence-corrected chi connectivity index (χ0v) is 19.6. The Hall–Kier alpha value is -1.93. The van der Waals surface area contributed by atoms with Gasteiger partial charge in [0.05, 0.1) is 21.6 Å². The molecular weight excluding hydrogens is 456 g/mol. The lowest BCUT2D eigenvalue weighted by molar-refractivity contribution is -0.165. The second kappa shape index (κ2) is 10.1. The summed E-state index contributed by atoms with van der Waals surface area (Å²) in [4.78, 5) is 26.0. The van der Waals surface area contributed by atoms with Crippen molar-refractivity contribution in [2.24, 2.45) is 0 Å². The number of carbonyl (C=O) groups is 2. The molecule has 0 spiro atoms. The average molecular weight is 483 g/mol. The molecule has 1 N–H and O–H groups in total. The van der Waals surface area contributed by atoms with Crippen LogP contribution in [-0.2, 0) is 9.53 Å². The van der Waals surface area contributed by atoms with Crippen molar-refractivity contribution in [2.45, 2.75) is 63.9 Å². The van der Waals surface area contributed by atoms with Gasteiger partial charge in [-0.2, -0.15) is 13.2 Å². The lowest BCUT2D eigenvalue weighted by Gasteiger charge is -2.45. The third kappa shape index (κ3) is 7.92. The van der Waals surface area contributed by atoms with Crippen molar-refractivity contribution in [3.63, 3.8) is 0 Å². The summed E-state index contributed by atoms with van der Waals surface area (Å²) in [5, 5.41) is 3.11. The Morgan fingerprint density at radius 2 is 1.77 bits per heavy atom. The topological polar surface area (TPSA) is 58.6 Å². The molecule has 0 saturated carbocycles. The third-order valence-electron chi connectivity index (χ3n) is 4.61. The molecule has 10 heteroatoms. The van der Waals surface area contributed by atoms with E-state index in [9.17, 15) is 22.8 Å². The first kappa shape index (κ1) is 27.1. The number of benzene rings is 1. The van der Waals surface area contributed by atoms with Gasteiger partial charge in [0, 0.05) is 7.05 Å². The van der Waals surface area contributed by atoms with Crippen LogP contribution in [0.4, 0.5) is 18.0 Å². The summed E-state index contributed by atoms with van der Waals surface area (Å²) in [6.45, 7) is 10.2. The highest BCUT2D eigenvalue weighted by Gasteiger charge is 2.44. The SMILES string of the molecule is C=CCC(C)(C(NC(=O)OC(C)(C)C)c1ccc(Cl)c(Cl)c1)N(C)C(=O)CC(F)(F)F. The number of nitrogens with one attached hydrogen (secondary N) is 1. The van der Waals surface area contributed by atoms with Crippen LogP contribution in [0.15, 0.2) is 30.9 Å². The smallest absolute Gasteiger partial charge is 0.408 e. The van der Waals surface area contributed by atoms with Crippen molar-refractivity contribution in [2.75, 3.05) is 7.05 Å². The maximum Gasteiger partial charge on any atom is 0.408 e. The minimum absolute atomic E-state index is 0.0633. The first-order valence-corrected chi connectivity index (χ1v) is 10.1. The molecule has 0 bridgehead atoms. The Balaban J connectivity index is 3.50. The summed E-state index contributed by atoms with van der Waals surface area (Å²) in [5.41, 5.74) is -1.73. The van der Waals surface area contributed by atoms with Crippen LogP contribution in [-0.4, -0.2) is 41.3 Å². The van der Waals surface area contributed by atoms with E-state index in [0.717, 1.165) is 4.90 Å². The predicted octanol–water partition coefficient (Wildman–Crippen LogP) is 6.30. The lowest BCUT2D eigenvalue weighted by Crippen LogP contribution is -2.56. The van der Waals surface area contributed by atoms with Gasteiger partial charge in [0.15, 0.2) is 0 Å². The van der Waals surface area contributed by atoms with Gasteiger partial charge in [-0.1, -0.05) is 35.3 Å². The van der Waals surface area contributed by atoms with E-state index in [1.807, 2.05) is 0 Å². The van der Waals surface area contributed by atoms with Crippen molar-refractivity contribution in [3.05, 3.63) is 46.5 Å². The van der Waals surface area contributed by atoms with Crippen LogP contribution in [0.1, 0.15) is 52.1 Å². The van der Waals surface area contributed by atoms with Crippen LogP contribution in [0.2, 0.25) is 10.0 Å². The number of nitrogens with zero attached hydrogens (tertiary/aromatic N) is 1. The zero-order chi connectivity index (χ0) is 24.2. The quantitative estimate of drug-likeness (QED) is 0.463. The van der Waals surface area contributed by atoms with Crippen molar-refractivity contribution < 1.29 is 27.5 Å². The summed E-state index contributed by atoms with van der Waals surface area (Å²) < 4.78 is 43.9. The van der Waals surface area contributed by atoms with Gasteiger partial charge in [-0.3, -0.25) is 4.79 Å². The molecule has 5 nitrogen and oxygen atoms in total. The first-order valence-electron chi connectivity index (χ1n) is 9.39. The van der Waals surface area contributed by atoms with Gasteiger partial charge >= 0.3 is 12.3 Å². The van der Waals surface area contributed by atoms with Gasteiger partial charge in [0.1, 0.15) is 12.0 Å². The van der Waals surface area contributed by atoms with E-state index in [1.54, 1.807) is 33.8 Å². The van der Waals surface area contributed by atoms with Crippen molar-refractivity contribution in [1.29, 1.82) is 0 Å². The monoisotopic (exact) mass is 482 g/mol. The zero-order valence-electron chi connectivity index (χ0n) is 18.1. The highest BCUT2D eigenvalue weighted by Crippen LogP contribution is 2.38. The summed E-state index contributed by atoms with van der Waals surface area (Å²) >= 11 is 12.1. The Bertz CT molecular complexity index is 825. The summed E-state index contributed by atoms with van der Waals surface area (Å²) in [6, 6.07) is 3.56. The Kier molecular flexibility index (Phi) is 8.85. The van der Waals surface area contributed by atoms with Crippen LogP contribution in [0.5, 0.6) is 0 Å². The number of alkyl halides is 3. The number of hydrogen-bond acceptors (Lipinski definition) is 3. The van der Waals surface area contributed by atoms with Gasteiger partial charge < -0.3 is 15.0 Å². The Labute approximate surface area is 190 Å². The van der Waals surface area contributed by atoms with E-state index in [4.69, 9.17) is 27.9 Å². The standard InChI is InChI=1S/C21H27Cl2F3N2O3/c1-7-10-20(5,28(6)16(29)12-21(24,25)26)17(27-18(30)31-19(2,3)4)13-8-9-14(22)15(23)11-13/h7-9,11,17H,1,10,12H2,2-6H3,(H,27,30). The van der Waals surface area contributed by atoms with Crippen molar-refractivity contribution in [3.8, 4) is 0 Å². The second-order valence-electron chi connectivity index (χ2n) is 8.35. The van der Waals surface area contributed by atoms with Crippen LogP contribution < -0.4 is 5.32 Å². The van der Waals surface area contributed by atoms with E-state index in [-0.39, 0.29) is 16.5 Å². The van der Waals surface area contributed by atoms with Crippen molar-refractivity contribution in [1.82, 2.24) is 10.2 Å². The number of likely N-dealkylation sites (N-methyl/N-ethyl adjacent to an activating group) is 1. The third-order valence-corrected chi connectivity index (χ3v) is 5.35. The maximum atomic E-state index is 12.9. The number of halogens is 5. The fourth-order valence-corrected chi connectivity index (χ4v) is 3.34. The molecule has 31 heavy (non-hydrogen) atoms. The molecule has 1 aromatic carbocycles. The van der Waals surface area contributed by atoms with E-state index in [0.29, 0.717) is 5.56 Å². The molecule has 0 heterocycles. The molecule has 174 valence electrons. The summed E-state index contributed by atoms with van der Waals surface area (Å²) in [6.07, 6.45) is -5.61. The summed E-state index contributed by atoms with van der Waals surface area (Å²) in [5.74, 6) is -1.16. The molecule has 0 aliphatic heterocycles. The minimum Gasteiger partial charge on any atom is -0.444 e. The minimum atomic E-state index is -4.68. The molecule has 0 aliphatic rings. The van der Waals surface area contributed by atoms with Gasteiger partial charge in [-0.25, -0.2) is 4.79 Å². The number of hydrogen-bond donors (Lipinski definition) is 1. The molecule has 0 aromatic heterocycles. The van der Waals surface area contributed by atoms with E-state index in [1.165, 1.54) is 25.3 Å². The predicted molar refractivity (Wildman–Crippen MR) is 115 cm³/mol. The molecule has 2 unspecified atom stereocenters. The number of carbonyl (C=O) groups excluding carboxylic acids is 2. The molecule has 2 amide bonds.